The van der Waals surface area contributed by atoms with Crippen molar-refractivity contribution in [3.05, 3.63) is 23.9 Å². The summed E-state index contributed by atoms with van der Waals surface area (Å²) < 4.78 is 0. The Morgan fingerprint density at radius 3 is 2.67 bits per heavy atom. The minimum atomic E-state index is 0.363. The van der Waals surface area contributed by atoms with Gasteiger partial charge in [0.25, 0.3) is 0 Å². The lowest BCUT2D eigenvalue weighted by Crippen LogP contribution is -2.27. The first-order valence-electron chi connectivity index (χ1n) is 4.58. The molecule has 1 aliphatic heterocycles. The van der Waals surface area contributed by atoms with Gasteiger partial charge in [0.05, 0.1) is 0 Å². The van der Waals surface area contributed by atoms with Crippen molar-refractivity contribution in [1.29, 1.82) is 0 Å². The van der Waals surface area contributed by atoms with Gasteiger partial charge >= 0.3 is 0 Å². The Bertz CT molecular complexity index is 206. The molecule has 68 valence electrons. The highest BCUT2D eigenvalue weighted by Gasteiger charge is 2.21. The van der Waals surface area contributed by atoms with Gasteiger partial charge in [0.2, 0.25) is 0 Å². The Morgan fingerprint density at radius 1 is 1.42 bits per heavy atom. The van der Waals surface area contributed by atoms with Crippen molar-refractivity contribution in [2.45, 2.75) is 27.7 Å². The fraction of sp³-hybridized carbons (Fsp3) is 0.636. The highest BCUT2D eigenvalue weighted by Crippen LogP contribution is 2.27. The number of hydrogen-bond donors (Lipinski definition) is 1. The molecule has 0 amide bonds. The van der Waals surface area contributed by atoms with Crippen LogP contribution in [0.5, 0.6) is 0 Å². The highest BCUT2D eigenvalue weighted by atomic mass is 14.8. The van der Waals surface area contributed by atoms with Crippen molar-refractivity contribution in [2.24, 2.45) is 11.3 Å². The van der Waals surface area contributed by atoms with Crippen LogP contribution in [0.15, 0.2) is 23.9 Å². The van der Waals surface area contributed by atoms with Crippen LogP contribution in [-0.4, -0.2) is 6.54 Å². The second kappa shape index (κ2) is 3.34. The van der Waals surface area contributed by atoms with E-state index in [1.165, 1.54) is 5.57 Å². The van der Waals surface area contributed by atoms with E-state index in [2.05, 4.69) is 51.4 Å². The van der Waals surface area contributed by atoms with Crippen LogP contribution >= 0.6 is 0 Å². The van der Waals surface area contributed by atoms with Crippen LogP contribution in [0.3, 0.4) is 0 Å². The third kappa shape index (κ3) is 2.40. The predicted molar refractivity (Wildman–Crippen MR) is 53.8 cm³/mol. The average Bonchev–Trinajstić information content (AvgIpc) is 2.11. The van der Waals surface area contributed by atoms with E-state index >= 15 is 0 Å². The molecule has 0 fully saturated rings. The zero-order valence-electron chi connectivity index (χ0n) is 8.52. The van der Waals surface area contributed by atoms with Crippen molar-refractivity contribution in [2.75, 3.05) is 6.54 Å². The highest BCUT2D eigenvalue weighted by molar-refractivity contribution is 5.19. The summed E-state index contributed by atoms with van der Waals surface area (Å²) in [5, 5.41) is 3.33. The van der Waals surface area contributed by atoms with Crippen molar-refractivity contribution >= 4 is 0 Å². The summed E-state index contributed by atoms with van der Waals surface area (Å²) in [5.74, 6) is 0.631. The average molecular weight is 165 g/mol. The second-order valence-electron chi connectivity index (χ2n) is 4.63. The normalized spacial score (nSPS) is 24.3. The smallest absolute Gasteiger partial charge is 0.0209 e. The third-order valence-corrected chi connectivity index (χ3v) is 2.37. The Balaban J connectivity index is 2.68. The fourth-order valence-corrected chi connectivity index (χ4v) is 1.33. The van der Waals surface area contributed by atoms with Gasteiger partial charge < -0.3 is 5.32 Å². The first-order valence-corrected chi connectivity index (χ1v) is 4.58. The van der Waals surface area contributed by atoms with E-state index in [0.717, 1.165) is 6.54 Å². The first kappa shape index (κ1) is 9.37. The maximum absolute atomic E-state index is 3.33. The number of hydrogen-bond acceptors (Lipinski definition) is 1. The molecule has 0 radical (unpaired) electrons. The zero-order valence-corrected chi connectivity index (χ0v) is 8.52. The van der Waals surface area contributed by atoms with Gasteiger partial charge in [-0.05, 0) is 30.0 Å². The standard InChI is InChI=1S/C11H19N/c1-9-5-6-10(8-12-7-9)11(2,3)4/h5-7,10,12H,8H2,1-4H3. The van der Waals surface area contributed by atoms with Crippen LogP contribution in [0.2, 0.25) is 0 Å². The molecule has 1 unspecified atom stereocenters. The molecule has 0 saturated carbocycles. The van der Waals surface area contributed by atoms with E-state index < -0.39 is 0 Å². The molecule has 1 aliphatic rings. The molecule has 1 heterocycles. The van der Waals surface area contributed by atoms with E-state index in [0.29, 0.717) is 11.3 Å². The van der Waals surface area contributed by atoms with E-state index in [1.54, 1.807) is 0 Å². The second-order valence-corrected chi connectivity index (χ2v) is 4.63. The molecule has 0 aromatic carbocycles. The quantitative estimate of drug-likeness (QED) is 0.582. The number of allylic oxidation sites excluding steroid dienone is 2. The maximum atomic E-state index is 3.33. The predicted octanol–water partition coefficient (Wildman–Crippen LogP) is 2.71. The van der Waals surface area contributed by atoms with Gasteiger partial charge in [0, 0.05) is 6.54 Å². The van der Waals surface area contributed by atoms with Gasteiger partial charge in [-0.25, -0.2) is 0 Å². The number of nitrogens with one attached hydrogen (secondary N) is 1. The molecule has 1 nitrogen and oxygen atoms in total. The van der Waals surface area contributed by atoms with Crippen molar-refractivity contribution in [1.82, 2.24) is 5.32 Å². The van der Waals surface area contributed by atoms with E-state index in [1.807, 2.05) is 0 Å². The Kier molecular flexibility index (Phi) is 2.61. The fourth-order valence-electron chi connectivity index (χ4n) is 1.33. The van der Waals surface area contributed by atoms with E-state index in [9.17, 15) is 0 Å². The van der Waals surface area contributed by atoms with Crippen LogP contribution in [0, 0.1) is 11.3 Å². The minimum absolute atomic E-state index is 0.363. The van der Waals surface area contributed by atoms with E-state index in [-0.39, 0.29) is 0 Å². The molecule has 1 rings (SSSR count). The largest absolute Gasteiger partial charge is 0.390 e. The lowest BCUT2D eigenvalue weighted by Gasteiger charge is -2.27. The van der Waals surface area contributed by atoms with E-state index in [4.69, 9.17) is 0 Å². The summed E-state index contributed by atoms with van der Waals surface area (Å²) in [4.78, 5) is 0. The summed E-state index contributed by atoms with van der Waals surface area (Å²) >= 11 is 0. The Hall–Kier alpha value is -0.720. The molecule has 0 saturated heterocycles. The summed E-state index contributed by atoms with van der Waals surface area (Å²) in [6, 6.07) is 0. The molecular weight excluding hydrogens is 146 g/mol. The monoisotopic (exact) mass is 165 g/mol. The number of rotatable bonds is 0. The molecule has 12 heavy (non-hydrogen) atoms. The molecule has 1 heteroatoms. The van der Waals surface area contributed by atoms with Crippen molar-refractivity contribution < 1.29 is 0 Å². The molecule has 0 aromatic rings. The van der Waals surface area contributed by atoms with Gasteiger partial charge in [-0.3, -0.25) is 0 Å². The molecule has 0 aliphatic carbocycles. The van der Waals surface area contributed by atoms with Crippen LogP contribution < -0.4 is 5.32 Å². The first-order chi connectivity index (χ1) is 5.50. The van der Waals surface area contributed by atoms with Crippen molar-refractivity contribution in [3.63, 3.8) is 0 Å². The Morgan fingerprint density at radius 2 is 2.08 bits per heavy atom. The van der Waals surface area contributed by atoms with Crippen molar-refractivity contribution in [3.8, 4) is 0 Å². The van der Waals surface area contributed by atoms with Gasteiger partial charge in [0.15, 0.2) is 0 Å². The summed E-state index contributed by atoms with van der Waals surface area (Å²) in [7, 11) is 0. The van der Waals surface area contributed by atoms with Gasteiger partial charge in [-0.1, -0.05) is 32.9 Å². The van der Waals surface area contributed by atoms with Crippen LogP contribution in [0.25, 0.3) is 0 Å². The SMILES string of the molecule is CC1=CNCC(C(C)(C)C)C=C1. The molecular formula is C11H19N. The lowest BCUT2D eigenvalue weighted by molar-refractivity contribution is 0.291. The third-order valence-electron chi connectivity index (χ3n) is 2.37. The van der Waals surface area contributed by atoms with Gasteiger partial charge in [-0.2, -0.15) is 0 Å². The summed E-state index contributed by atoms with van der Waals surface area (Å²) in [6.45, 7) is 10.0. The maximum Gasteiger partial charge on any atom is 0.0209 e. The molecule has 0 bridgehead atoms. The van der Waals surface area contributed by atoms with Crippen LogP contribution in [0.1, 0.15) is 27.7 Å². The zero-order chi connectivity index (χ0) is 9.19. The molecule has 0 spiro atoms. The summed E-state index contributed by atoms with van der Waals surface area (Å²) in [5.41, 5.74) is 1.67. The Labute approximate surface area is 75.6 Å². The molecule has 0 aromatic heterocycles. The topological polar surface area (TPSA) is 12.0 Å². The molecule has 1 atom stereocenters. The molecule has 1 N–H and O–H groups in total. The summed E-state index contributed by atoms with van der Waals surface area (Å²) in [6.07, 6.45) is 6.60. The lowest BCUT2D eigenvalue weighted by atomic mass is 9.80. The van der Waals surface area contributed by atoms with Crippen LogP contribution in [0.4, 0.5) is 0 Å². The minimum Gasteiger partial charge on any atom is -0.390 e. The van der Waals surface area contributed by atoms with Gasteiger partial charge in [-0.15, -0.1) is 0 Å². The van der Waals surface area contributed by atoms with Gasteiger partial charge in [0.1, 0.15) is 0 Å². The van der Waals surface area contributed by atoms with Crippen LogP contribution in [-0.2, 0) is 0 Å².